The number of carbonyl (C=O) groups excluding carboxylic acids is 2. The van der Waals surface area contributed by atoms with E-state index in [4.69, 9.17) is 0 Å². The number of benzene rings is 1. The largest absolute Gasteiger partial charge is 0.416 e. The van der Waals surface area contributed by atoms with Crippen LogP contribution >= 0.6 is 11.3 Å². The Morgan fingerprint density at radius 3 is 2.41 bits per heavy atom. The number of urea groups is 1. The molecule has 0 saturated carbocycles. The molecule has 1 fully saturated rings. The molecule has 0 aliphatic carbocycles. The number of nitrogens with one attached hydrogen (secondary N) is 2. The minimum absolute atomic E-state index is 0.0104. The maximum atomic E-state index is 12.9. The molecule has 2 N–H and O–H groups in total. The molecule has 0 unspecified atom stereocenters. The second kappa shape index (κ2) is 9.98. The summed E-state index contributed by atoms with van der Waals surface area (Å²) < 4.78 is 65.2. The van der Waals surface area contributed by atoms with Crippen molar-refractivity contribution in [1.82, 2.24) is 19.8 Å². The van der Waals surface area contributed by atoms with Crippen LogP contribution in [0.5, 0.6) is 0 Å². The van der Waals surface area contributed by atoms with Gasteiger partial charge < -0.3 is 5.32 Å². The normalized spacial score (nSPS) is 16.0. The SMILES string of the molecule is O=C(CN1CCN(S(=O)(=O)c2cccc(C(F)(F)F)c2)CC1)NC(=O)NCc1cccs1. The number of rotatable bonds is 6. The number of carbonyl (C=O) groups is 2. The van der Waals surface area contributed by atoms with Crippen LogP contribution in [0.2, 0.25) is 0 Å². The van der Waals surface area contributed by atoms with E-state index in [1.54, 1.807) is 4.90 Å². The van der Waals surface area contributed by atoms with Crippen molar-refractivity contribution in [2.24, 2.45) is 0 Å². The van der Waals surface area contributed by atoms with Crippen LogP contribution in [0.15, 0.2) is 46.7 Å². The minimum atomic E-state index is -4.65. The summed E-state index contributed by atoms with van der Waals surface area (Å²) in [5.74, 6) is -0.539. The van der Waals surface area contributed by atoms with Crippen molar-refractivity contribution in [3.05, 3.63) is 52.2 Å². The first-order valence-corrected chi connectivity index (χ1v) is 11.9. The van der Waals surface area contributed by atoms with Gasteiger partial charge in [-0.05, 0) is 29.6 Å². The Labute approximate surface area is 187 Å². The molecule has 2 aromatic rings. The maximum Gasteiger partial charge on any atom is 0.416 e. The standard InChI is InChI=1S/C19H21F3N4O4S2/c20-19(21,22)14-3-1-5-16(11-14)32(29,30)26-8-6-25(7-9-26)13-17(27)24-18(28)23-12-15-4-2-10-31-15/h1-5,10-11H,6-9,12-13H2,(H2,23,24,27,28). The molecule has 13 heteroatoms. The van der Waals surface area contributed by atoms with Crippen molar-refractivity contribution in [2.75, 3.05) is 32.7 Å². The molecule has 32 heavy (non-hydrogen) atoms. The highest BCUT2D eigenvalue weighted by Crippen LogP contribution is 2.31. The topological polar surface area (TPSA) is 98.8 Å². The molecular formula is C19H21F3N4O4S2. The maximum absolute atomic E-state index is 12.9. The molecule has 8 nitrogen and oxygen atoms in total. The molecule has 3 rings (SSSR count). The van der Waals surface area contributed by atoms with Crippen molar-refractivity contribution in [3.8, 4) is 0 Å². The number of thiophene rings is 1. The summed E-state index contributed by atoms with van der Waals surface area (Å²) in [4.78, 5) is 26.0. The van der Waals surface area contributed by atoms with Crippen LogP contribution < -0.4 is 10.6 Å². The second-order valence-corrected chi connectivity index (χ2v) is 9.99. The predicted octanol–water partition coefficient (Wildman–Crippen LogP) is 2.10. The predicted molar refractivity (Wildman–Crippen MR) is 111 cm³/mol. The summed E-state index contributed by atoms with van der Waals surface area (Å²) >= 11 is 1.47. The number of piperazine rings is 1. The third kappa shape index (κ3) is 6.28. The van der Waals surface area contributed by atoms with Gasteiger partial charge in [0, 0.05) is 31.1 Å². The number of nitrogens with zero attached hydrogens (tertiary/aromatic N) is 2. The van der Waals surface area contributed by atoms with Gasteiger partial charge in [0.25, 0.3) is 0 Å². The lowest BCUT2D eigenvalue weighted by molar-refractivity contribution is -0.137. The third-order valence-corrected chi connectivity index (χ3v) is 7.52. The number of sulfonamides is 1. The molecule has 174 valence electrons. The molecule has 3 amide bonds. The van der Waals surface area contributed by atoms with Gasteiger partial charge in [0.2, 0.25) is 15.9 Å². The van der Waals surface area contributed by atoms with E-state index in [1.807, 2.05) is 17.5 Å². The fraction of sp³-hybridized carbons (Fsp3) is 0.368. The molecule has 0 atom stereocenters. The Balaban J connectivity index is 1.49. The zero-order chi connectivity index (χ0) is 23.4. The molecule has 2 heterocycles. The molecule has 0 spiro atoms. The van der Waals surface area contributed by atoms with Gasteiger partial charge in [0.1, 0.15) is 0 Å². The van der Waals surface area contributed by atoms with E-state index in [9.17, 15) is 31.2 Å². The second-order valence-electron chi connectivity index (χ2n) is 7.02. The van der Waals surface area contributed by atoms with Crippen LogP contribution in [0.4, 0.5) is 18.0 Å². The number of hydrogen-bond acceptors (Lipinski definition) is 6. The van der Waals surface area contributed by atoms with Gasteiger partial charge in [-0.2, -0.15) is 17.5 Å². The first-order valence-electron chi connectivity index (χ1n) is 9.55. The van der Waals surface area contributed by atoms with Gasteiger partial charge >= 0.3 is 12.2 Å². The summed E-state index contributed by atoms with van der Waals surface area (Å²) in [5.41, 5.74) is -1.04. The van der Waals surface area contributed by atoms with Crippen LogP contribution in [0.1, 0.15) is 10.4 Å². The van der Waals surface area contributed by atoms with Crippen LogP contribution in [0.3, 0.4) is 0 Å². The van der Waals surface area contributed by atoms with E-state index in [1.165, 1.54) is 11.3 Å². The number of hydrogen-bond donors (Lipinski definition) is 2. The Hall–Kier alpha value is -2.48. The minimum Gasteiger partial charge on any atom is -0.333 e. The molecule has 1 aromatic carbocycles. The number of imide groups is 1. The highest BCUT2D eigenvalue weighted by atomic mass is 32.2. The van der Waals surface area contributed by atoms with Gasteiger partial charge in [-0.3, -0.25) is 15.0 Å². The fourth-order valence-corrected chi connectivity index (χ4v) is 5.22. The number of halogens is 3. The molecule has 1 aliphatic rings. The Kier molecular flexibility index (Phi) is 7.54. The molecule has 0 bridgehead atoms. The Morgan fingerprint density at radius 1 is 1.06 bits per heavy atom. The van der Waals surface area contributed by atoms with E-state index >= 15 is 0 Å². The number of alkyl halides is 3. The van der Waals surface area contributed by atoms with Crippen LogP contribution in [-0.2, 0) is 27.5 Å². The molecular weight excluding hydrogens is 469 g/mol. The summed E-state index contributed by atoms with van der Waals surface area (Å²) in [6.07, 6.45) is -4.65. The average molecular weight is 491 g/mol. The van der Waals surface area contributed by atoms with Gasteiger partial charge in [0.05, 0.1) is 23.5 Å². The Bertz CT molecular complexity index is 1050. The van der Waals surface area contributed by atoms with Crippen LogP contribution in [0, 0.1) is 0 Å². The summed E-state index contributed by atoms with van der Waals surface area (Å²) in [7, 11) is -4.10. The van der Waals surface area contributed by atoms with Crippen LogP contribution in [-0.4, -0.2) is 62.3 Å². The van der Waals surface area contributed by atoms with Crippen molar-refractivity contribution in [2.45, 2.75) is 17.6 Å². The van der Waals surface area contributed by atoms with E-state index in [0.29, 0.717) is 12.6 Å². The van der Waals surface area contributed by atoms with Gasteiger partial charge in [-0.25, -0.2) is 13.2 Å². The zero-order valence-corrected chi connectivity index (χ0v) is 18.4. The van der Waals surface area contributed by atoms with E-state index in [-0.39, 0.29) is 32.7 Å². The van der Waals surface area contributed by atoms with E-state index in [0.717, 1.165) is 27.4 Å². The lowest BCUT2D eigenvalue weighted by atomic mass is 10.2. The lowest BCUT2D eigenvalue weighted by Gasteiger charge is -2.33. The van der Waals surface area contributed by atoms with Gasteiger partial charge in [-0.15, -0.1) is 11.3 Å². The number of amides is 3. The summed E-state index contributed by atoms with van der Waals surface area (Å²) in [5, 5.41) is 6.65. The zero-order valence-electron chi connectivity index (χ0n) is 16.8. The molecule has 1 saturated heterocycles. The lowest BCUT2D eigenvalue weighted by Crippen LogP contribution is -2.52. The third-order valence-electron chi connectivity index (χ3n) is 4.75. The van der Waals surface area contributed by atoms with E-state index < -0.39 is 38.6 Å². The smallest absolute Gasteiger partial charge is 0.333 e. The van der Waals surface area contributed by atoms with Crippen LogP contribution in [0.25, 0.3) is 0 Å². The van der Waals surface area contributed by atoms with Gasteiger partial charge in [-0.1, -0.05) is 12.1 Å². The van der Waals surface area contributed by atoms with Crippen molar-refractivity contribution >= 4 is 33.3 Å². The van der Waals surface area contributed by atoms with Crippen molar-refractivity contribution in [3.63, 3.8) is 0 Å². The fourth-order valence-electron chi connectivity index (χ4n) is 3.10. The van der Waals surface area contributed by atoms with Crippen molar-refractivity contribution < 1.29 is 31.2 Å². The summed E-state index contributed by atoms with van der Waals surface area (Å²) in [6.45, 7) is 0.602. The molecule has 1 aliphatic heterocycles. The monoisotopic (exact) mass is 490 g/mol. The molecule has 0 radical (unpaired) electrons. The first-order chi connectivity index (χ1) is 15.1. The quantitative estimate of drug-likeness (QED) is 0.646. The highest BCUT2D eigenvalue weighted by molar-refractivity contribution is 7.89. The van der Waals surface area contributed by atoms with Gasteiger partial charge in [0.15, 0.2) is 0 Å². The first kappa shape index (κ1) is 24.2. The highest BCUT2D eigenvalue weighted by Gasteiger charge is 2.34. The molecule has 1 aromatic heterocycles. The average Bonchev–Trinajstić information content (AvgIpc) is 3.26. The van der Waals surface area contributed by atoms with Crippen molar-refractivity contribution in [1.29, 1.82) is 0 Å². The summed E-state index contributed by atoms with van der Waals surface area (Å²) in [6, 6.07) is 6.67. The Morgan fingerprint density at radius 2 is 1.78 bits per heavy atom. The van der Waals surface area contributed by atoms with E-state index in [2.05, 4.69) is 10.6 Å².